The molecule has 0 spiro atoms. The van der Waals surface area contributed by atoms with Crippen LogP contribution in [0.1, 0.15) is 200 Å². The molecule has 0 saturated carbocycles. The zero-order valence-corrected chi connectivity index (χ0v) is 35.3. The molecular weight excluding hydrogens is 716 g/mol. The number of carbonyl (C=O) groups is 4. The number of carbonyl (C=O) groups excluding carboxylic acids is 3. The van der Waals surface area contributed by atoms with Crippen LogP contribution < -0.4 is 16.4 Å². The van der Waals surface area contributed by atoms with E-state index in [0.29, 0.717) is 12.8 Å². The van der Waals surface area contributed by atoms with Crippen molar-refractivity contribution in [2.75, 3.05) is 19.7 Å². The molecule has 0 aromatic carbocycles. The Balaban J connectivity index is 2.87. The van der Waals surface area contributed by atoms with Gasteiger partial charge in [0, 0.05) is 25.8 Å². The molecule has 0 unspecified atom stereocenters. The van der Waals surface area contributed by atoms with Crippen molar-refractivity contribution in [1.29, 1.82) is 0 Å². The topological polar surface area (TPSA) is 212 Å². The van der Waals surface area contributed by atoms with E-state index in [2.05, 4.69) is 24.5 Å². The summed E-state index contributed by atoms with van der Waals surface area (Å²) in [5.74, 6) is -4.70. The molecule has 0 aromatic rings. The van der Waals surface area contributed by atoms with Crippen LogP contribution in [0.4, 0.5) is 0 Å². The molecule has 1 rings (SSSR count). The predicted molar refractivity (Wildman–Crippen MR) is 220 cm³/mol. The number of aliphatic hydroxyl groups is 3. The second kappa shape index (κ2) is 32.6. The van der Waals surface area contributed by atoms with Crippen molar-refractivity contribution in [3.63, 3.8) is 0 Å². The molecule has 13 heteroatoms. The lowest BCUT2D eigenvalue weighted by Crippen LogP contribution is -2.72. The van der Waals surface area contributed by atoms with E-state index in [4.69, 9.17) is 15.6 Å². The molecule has 1 saturated heterocycles. The maximum absolute atomic E-state index is 14.0. The third-order valence-electron chi connectivity index (χ3n) is 11.0. The molecule has 56 heavy (non-hydrogen) atoms. The highest BCUT2D eigenvalue weighted by atomic mass is 16.6. The second-order valence-electron chi connectivity index (χ2n) is 16.1. The van der Waals surface area contributed by atoms with Crippen LogP contribution in [-0.2, 0) is 23.9 Å². The molecule has 3 amide bonds. The number of hydrogen-bond donors (Lipinski definition) is 7. The molecule has 0 bridgehead atoms. The molecule has 5 atom stereocenters. The third kappa shape index (κ3) is 23.2. The maximum Gasteiger partial charge on any atom is 0.303 e. The summed E-state index contributed by atoms with van der Waals surface area (Å²) in [5, 5.41) is 45.7. The molecule has 1 aliphatic rings. The normalized spacial score (nSPS) is 20.1. The summed E-state index contributed by atoms with van der Waals surface area (Å²) in [5.41, 5.74) is 5.80. The smallest absolute Gasteiger partial charge is 0.303 e. The lowest BCUT2D eigenvalue weighted by atomic mass is 9.96. The van der Waals surface area contributed by atoms with Crippen LogP contribution in [0.15, 0.2) is 0 Å². The van der Waals surface area contributed by atoms with Gasteiger partial charge in [0.15, 0.2) is 0 Å². The Morgan fingerprint density at radius 1 is 0.714 bits per heavy atom. The Bertz CT molecular complexity index is 1050. The largest absolute Gasteiger partial charge is 0.481 e. The Labute approximate surface area is 338 Å². The van der Waals surface area contributed by atoms with Crippen molar-refractivity contribution >= 4 is 23.7 Å². The number of carboxylic acid groups (broad SMARTS) is 1. The summed E-state index contributed by atoms with van der Waals surface area (Å²) in [4.78, 5) is 52.3. The van der Waals surface area contributed by atoms with Crippen LogP contribution in [0.3, 0.4) is 0 Å². The first-order chi connectivity index (χ1) is 27.0. The zero-order valence-electron chi connectivity index (χ0n) is 35.3. The summed E-state index contributed by atoms with van der Waals surface area (Å²) in [6.07, 6.45) is 24.2. The van der Waals surface area contributed by atoms with Gasteiger partial charge in [0.2, 0.25) is 23.6 Å². The molecule has 1 heterocycles. The minimum Gasteiger partial charge on any atom is -0.481 e. The highest BCUT2D eigenvalue weighted by Gasteiger charge is 2.52. The number of hydrogen-bond acceptors (Lipinski definition) is 9. The third-order valence-corrected chi connectivity index (χ3v) is 11.0. The predicted octanol–water partition coefficient (Wildman–Crippen LogP) is 6.58. The maximum atomic E-state index is 14.0. The summed E-state index contributed by atoms with van der Waals surface area (Å²) >= 11 is 0. The molecule has 0 aromatic heterocycles. The molecule has 0 aliphatic carbocycles. The summed E-state index contributed by atoms with van der Waals surface area (Å²) in [7, 11) is 0. The number of carboxylic acids is 1. The van der Waals surface area contributed by atoms with Crippen LogP contribution in [-0.4, -0.2) is 98.9 Å². The number of amides is 3. The monoisotopic (exact) mass is 799 g/mol. The number of aliphatic hydroxyl groups excluding tert-OH is 3. The summed E-state index contributed by atoms with van der Waals surface area (Å²) in [6.45, 7) is 3.46. The fraction of sp³-hybridized carbons (Fsp3) is 0.907. The van der Waals surface area contributed by atoms with E-state index in [9.17, 15) is 34.5 Å². The standard InChI is InChI=1S/C43H82N4O9/c1-3-5-7-9-11-13-14-15-16-17-18-19-21-23-25-27-31-47(39(51)28-26-24-22-20-12-10-8-6-4-2)43(32-36(49)41(54)37(34-48)56-43)46-38(50)33-45-42(55)35(44)29-30-40(52)53/h35-37,41,48-49,54H,3-34,44H2,1-2H3,(H,45,55)(H,46,50)(H,52,53)/t35-,36+,37+,41-,43-/m0/s1. The number of rotatable bonds is 36. The SMILES string of the molecule is CCCCCCCCCCCCCCCCCCN(C(=O)CCCCCCCCCCC)[C@@]1(NC(=O)CNC(=O)[C@@H](N)CCC(=O)O)C[C@@H](O)[C@H](O)[C@@H](CO)O1. The molecule has 1 aliphatic heterocycles. The Hall–Kier alpha value is -2.32. The molecule has 13 nitrogen and oxygen atoms in total. The second-order valence-corrected chi connectivity index (χ2v) is 16.1. The van der Waals surface area contributed by atoms with Crippen LogP contribution in [0.2, 0.25) is 0 Å². The molecule has 0 radical (unpaired) electrons. The highest BCUT2D eigenvalue weighted by molar-refractivity contribution is 5.88. The Kier molecular flexibility index (Phi) is 30.1. The van der Waals surface area contributed by atoms with Gasteiger partial charge in [-0.3, -0.25) is 24.1 Å². The molecule has 328 valence electrons. The van der Waals surface area contributed by atoms with Gasteiger partial charge in [-0.05, 0) is 19.3 Å². The average Bonchev–Trinajstić information content (AvgIpc) is 3.17. The van der Waals surface area contributed by atoms with Crippen molar-refractivity contribution in [2.45, 2.75) is 230 Å². The van der Waals surface area contributed by atoms with Crippen molar-refractivity contribution in [3.05, 3.63) is 0 Å². The minimum atomic E-state index is -1.88. The van der Waals surface area contributed by atoms with E-state index in [1.165, 1.54) is 108 Å². The summed E-state index contributed by atoms with van der Waals surface area (Å²) in [6, 6.07) is -1.14. The minimum absolute atomic E-state index is 0.113. The van der Waals surface area contributed by atoms with E-state index in [-0.39, 0.29) is 38.1 Å². The average molecular weight is 799 g/mol. The van der Waals surface area contributed by atoms with E-state index >= 15 is 0 Å². The van der Waals surface area contributed by atoms with Crippen LogP contribution >= 0.6 is 0 Å². The van der Waals surface area contributed by atoms with Crippen molar-refractivity contribution < 1.29 is 44.3 Å². The molecule has 1 fully saturated rings. The fourth-order valence-electron chi connectivity index (χ4n) is 7.50. The van der Waals surface area contributed by atoms with Crippen LogP contribution in [0.5, 0.6) is 0 Å². The van der Waals surface area contributed by atoms with Gasteiger partial charge in [0.25, 0.3) is 0 Å². The number of nitrogens with zero attached hydrogens (tertiary/aromatic N) is 1. The zero-order chi connectivity index (χ0) is 41.4. The number of ether oxygens (including phenoxy) is 1. The Morgan fingerprint density at radius 2 is 1.16 bits per heavy atom. The van der Waals surface area contributed by atoms with Gasteiger partial charge in [-0.25, -0.2) is 0 Å². The van der Waals surface area contributed by atoms with Crippen molar-refractivity contribution in [1.82, 2.24) is 15.5 Å². The van der Waals surface area contributed by atoms with Gasteiger partial charge >= 0.3 is 5.97 Å². The van der Waals surface area contributed by atoms with Crippen LogP contribution in [0.25, 0.3) is 0 Å². The number of unbranched alkanes of at least 4 members (excludes halogenated alkanes) is 23. The molecular formula is C43H82N4O9. The van der Waals surface area contributed by atoms with Gasteiger partial charge in [-0.15, -0.1) is 0 Å². The van der Waals surface area contributed by atoms with Gasteiger partial charge in [-0.2, -0.15) is 0 Å². The first kappa shape index (κ1) is 51.7. The lowest BCUT2D eigenvalue weighted by molar-refractivity contribution is -0.280. The highest BCUT2D eigenvalue weighted by Crippen LogP contribution is 2.32. The van der Waals surface area contributed by atoms with Gasteiger partial charge in [0.1, 0.15) is 12.2 Å². The number of nitrogens with one attached hydrogen (secondary N) is 2. The Morgan fingerprint density at radius 3 is 1.61 bits per heavy atom. The van der Waals surface area contributed by atoms with Crippen molar-refractivity contribution in [3.8, 4) is 0 Å². The van der Waals surface area contributed by atoms with Crippen molar-refractivity contribution in [2.24, 2.45) is 5.73 Å². The number of aliphatic carboxylic acids is 1. The fourth-order valence-corrected chi connectivity index (χ4v) is 7.50. The summed E-state index contributed by atoms with van der Waals surface area (Å²) < 4.78 is 6.16. The lowest BCUT2D eigenvalue weighted by Gasteiger charge is -2.50. The van der Waals surface area contributed by atoms with Gasteiger partial charge in [-0.1, -0.05) is 162 Å². The van der Waals surface area contributed by atoms with E-state index < -0.39 is 61.1 Å². The van der Waals surface area contributed by atoms with Gasteiger partial charge < -0.3 is 41.5 Å². The molecule has 8 N–H and O–H groups in total. The van der Waals surface area contributed by atoms with E-state index in [1.54, 1.807) is 0 Å². The first-order valence-electron chi connectivity index (χ1n) is 22.5. The quantitative estimate of drug-likeness (QED) is 0.0267. The first-order valence-corrected chi connectivity index (χ1v) is 22.5. The van der Waals surface area contributed by atoms with E-state index in [0.717, 1.165) is 44.9 Å². The van der Waals surface area contributed by atoms with Crippen LogP contribution in [0, 0.1) is 0 Å². The number of nitrogens with two attached hydrogens (primary N) is 1. The van der Waals surface area contributed by atoms with E-state index in [1.807, 2.05) is 0 Å². The van der Waals surface area contributed by atoms with Gasteiger partial charge in [0.05, 0.1) is 25.3 Å².